The summed E-state index contributed by atoms with van der Waals surface area (Å²) in [6.07, 6.45) is 3.97. The Kier molecular flexibility index (Phi) is 6.29. The summed E-state index contributed by atoms with van der Waals surface area (Å²) in [5, 5.41) is 7.28. The molecule has 1 amide bonds. The second-order valence-corrected chi connectivity index (χ2v) is 5.97. The number of carbonyl (C=O) groups excluding carboxylic acids is 1. The van der Waals surface area contributed by atoms with Crippen LogP contribution in [0.3, 0.4) is 0 Å². The fraction of sp³-hybridized carbons (Fsp3) is 0.692. The summed E-state index contributed by atoms with van der Waals surface area (Å²) < 4.78 is 0. The second kappa shape index (κ2) is 7.48. The van der Waals surface area contributed by atoms with Crippen LogP contribution >= 0.6 is 11.3 Å². The van der Waals surface area contributed by atoms with Gasteiger partial charge in [0.15, 0.2) is 0 Å². The first-order valence-corrected chi connectivity index (χ1v) is 7.29. The number of hydrogen-bond donors (Lipinski definition) is 2. The van der Waals surface area contributed by atoms with Crippen molar-refractivity contribution in [3.05, 3.63) is 16.1 Å². The quantitative estimate of drug-likeness (QED) is 0.798. The topological polar surface area (TPSA) is 54.0 Å². The second-order valence-electron chi connectivity index (χ2n) is 4.65. The summed E-state index contributed by atoms with van der Waals surface area (Å²) >= 11 is 1.66. The number of thiazole rings is 1. The molecule has 2 atom stereocenters. The van der Waals surface area contributed by atoms with Gasteiger partial charge in [0.2, 0.25) is 5.91 Å². The minimum Gasteiger partial charge on any atom is -0.352 e. The maximum absolute atomic E-state index is 11.9. The average Bonchev–Trinajstić information content (AvgIpc) is 2.72. The number of nitrogens with zero attached hydrogens (tertiary/aromatic N) is 1. The van der Waals surface area contributed by atoms with Crippen molar-refractivity contribution < 1.29 is 4.79 Å². The van der Waals surface area contributed by atoms with E-state index in [0.29, 0.717) is 6.54 Å². The molecule has 0 radical (unpaired) electrons. The van der Waals surface area contributed by atoms with Crippen LogP contribution in [0.5, 0.6) is 0 Å². The summed E-state index contributed by atoms with van der Waals surface area (Å²) in [7, 11) is 0. The largest absolute Gasteiger partial charge is 0.352 e. The molecule has 4 nitrogen and oxygen atoms in total. The van der Waals surface area contributed by atoms with Gasteiger partial charge in [-0.15, -0.1) is 11.3 Å². The normalized spacial score (nSPS) is 14.2. The highest BCUT2D eigenvalue weighted by Gasteiger charge is 2.14. The maximum Gasteiger partial charge on any atom is 0.237 e. The maximum atomic E-state index is 11.9. The molecule has 0 bridgehead atoms. The summed E-state index contributed by atoms with van der Waals surface area (Å²) in [6, 6.07) is 0.0733. The van der Waals surface area contributed by atoms with Crippen LogP contribution < -0.4 is 10.6 Å². The van der Waals surface area contributed by atoms with Gasteiger partial charge in [0, 0.05) is 23.7 Å². The molecule has 2 unspecified atom stereocenters. The monoisotopic (exact) mass is 269 g/mol. The van der Waals surface area contributed by atoms with Crippen molar-refractivity contribution in [1.82, 2.24) is 15.6 Å². The Bertz CT molecular complexity index is 378. The van der Waals surface area contributed by atoms with Crippen LogP contribution in [0.2, 0.25) is 0 Å². The Morgan fingerprint density at radius 1 is 1.50 bits per heavy atom. The van der Waals surface area contributed by atoms with Gasteiger partial charge in [-0.05, 0) is 27.2 Å². The molecule has 0 aliphatic carbocycles. The van der Waals surface area contributed by atoms with Crippen LogP contribution in [0, 0.1) is 6.92 Å². The van der Waals surface area contributed by atoms with Crippen LogP contribution in [0.25, 0.3) is 0 Å². The summed E-state index contributed by atoms with van der Waals surface area (Å²) in [4.78, 5) is 17.2. The van der Waals surface area contributed by atoms with E-state index in [4.69, 9.17) is 0 Å². The summed E-state index contributed by atoms with van der Waals surface area (Å²) in [5.74, 6) is 0.0668. The molecule has 1 rings (SSSR count). The molecular formula is C13H23N3OS. The standard InChI is InChI=1S/C13H23N3OS/c1-5-6-9(2)16-13(17)10(3)14-7-12-8-15-11(4)18-12/h8-10,14H,5-7H2,1-4H3,(H,16,17). The zero-order valence-electron chi connectivity index (χ0n) is 11.6. The van der Waals surface area contributed by atoms with Crippen LogP contribution in [0.1, 0.15) is 43.5 Å². The predicted molar refractivity (Wildman–Crippen MR) is 75.7 cm³/mol. The third kappa shape index (κ3) is 5.14. The molecule has 0 fully saturated rings. The molecule has 0 saturated heterocycles. The van der Waals surface area contributed by atoms with Gasteiger partial charge in [-0.3, -0.25) is 4.79 Å². The van der Waals surface area contributed by atoms with E-state index in [1.54, 1.807) is 11.3 Å². The lowest BCUT2D eigenvalue weighted by molar-refractivity contribution is -0.123. The fourth-order valence-corrected chi connectivity index (χ4v) is 2.45. The molecule has 0 aliphatic heterocycles. The van der Waals surface area contributed by atoms with E-state index in [2.05, 4.69) is 22.5 Å². The molecule has 18 heavy (non-hydrogen) atoms. The lowest BCUT2D eigenvalue weighted by Gasteiger charge is -2.17. The third-order valence-corrected chi connectivity index (χ3v) is 3.67. The Morgan fingerprint density at radius 3 is 2.78 bits per heavy atom. The molecule has 0 saturated carbocycles. The molecule has 1 aromatic heterocycles. The van der Waals surface area contributed by atoms with Gasteiger partial charge in [-0.25, -0.2) is 4.98 Å². The zero-order chi connectivity index (χ0) is 13.5. The SMILES string of the molecule is CCCC(C)NC(=O)C(C)NCc1cnc(C)s1. The van der Waals surface area contributed by atoms with E-state index in [9.17, 15) is 4.79 Å². The Morgan fingerprint density at radius 2 is 2.22 bits per heavy atom. The van der Waals surface area contributed by atoms with E-state index in [-0.39, 0.29) is 18.0 Å². The van der Waals surface area contributed by atoms with E-state index in [0.717, 1.165) is 22.7 Å². The van der Waals surface area contributed by atoms with Gasteiger partial charge >= 0.3 is 0 Å². The van der Waals surface area contributed by atoms with Crippen molar-refractivity contribution in [3.63, 3.8) is 0 Å². The van der Waals surface area contributed by atoms with Gasteiger partial charge < -0.3 is 10.6 Å². The Hall–Kier alpha value is -0.940. The van der Waals surface area contributed by atoms with Crippen molar-refractivity contribution in [3.8, 4) is 0 Å². The van der Waals surface area contributed by atoms with Crippen molar-refractivity contribution in [1.29, 1.82) is 0 Å². The van der Waals surface area contributed by atoms with E-state index in [1.807, 2.05) is 27.0 Å². The van der Waals surface area contributed by atoms with Crippen LogP contribution in [0.15, 0.2) is 6.20 Å². The lowest BCUT2D eigenvalue weighted by atomic mass is 10.2. The fourth-order valence-electron chi connectivity index (χ4n) is 1.71. The summed E-state index contributed by atoms with van der Waals surface area (Å²) in [6.45, 7) is 8.73. The molecule has 0 spiro atoms. The van der Waals surface area contributed by atoms with Gasteiger partial charge in [-0.1, -0.05) is 13.3 Å². The Balaban J connectivity index is 2.31. The van der Waals surface area contributed by atoms with Crippen molar-refractivity contribution in [2.45, 2.75) is 59.2 Å². The van der Waals surface area contributed by atoms with Gasteiger partial charge in [-0.2, -0.15) is 0 Å². The number of nitrogens with one attached hydrogen (secondary N) is 2. The molecule has 1 aromatic rings. The lowest BCUT2D eigenvalue weighted by Crippen LogP contribution is -2.45. The Labute approximate surface area is 113 Å². The van der Waals surface area contributed by atoms with Crippen LogP contribution in [-0.4, -0.2) is 23.0 Å². The molecule has 102 valence electrons. The van der Waals surface area contributed by atoms with Crippen molar-refractivity contribution >= 4 is 17.2 Å². The van der Waals surface area contributed by atoms with Gasteiger partial charge in [0.05, 0.1) is 11.0 Å². The molecule has 1 heterocycles. The number of rotatable bonds is 7. The van der Waals surface area contributed by atoms with Crippen molar-refractivity contribution in [2.75, 3.05) is 0 Å². The molecule has 5 heteroatoms. The van der Waals surface area contributed by atoms with Crippen LogP contribution in [0.4, 0.5) is 0 Å². The molecule has 2 N–H and O–H groups in total. The number of aromatic nitrogens is 1. The molecule has 0 aliphatic rings. The van der Waals surface area contributed by atoms with Crippen molar-refractivity contribution in [2.24, 2.45) is 0 Å². The number of carbonyl (C=O) groups is 1. The highest BCUT2D eigenvalue weighted by Crippen LogP contribution is 2.10. The minimum atomic E-state index is -0.174. The molecule has 0 aromatic carbocycles. The molecular weight excluding hydrogens is 246 g/mol. The van der Waals surface area contributed by atoms with Crippen LogP contribution in [-0.2, 0) is 11.3 Å². The van der Waals surface area contributed by atoms with E-state index in [1.165, 1.54) is 0 Å². The minimum absolute atomic E-state index is 0.0668. The number of aryl methyl sites for hydroxylation is 1. The first kappa shape index (κ1) is 15.1. The highest BCUT2D eigenvalue weighted by molar-refractivity contribution is 7.11. The summed E-state index contributed by atoms with van der Waals surface area (Å²) in [5.41, 5.74) is 0. The number of hydrogen-bond acceptors (Lipinski definition) is 4. The highest BCUT2D eigenvalue weighted by atomic mass is 32.1. The van der Waals surface area contributed by atoms with Gasteiger partial charge in [0.1, 0.15) is 0 Å². The smallest absolute Gasteiger partial charge is 0.237 e. The first-order chi connectivity index (χ1) is 8.52. The predicted octanol–water partition coefficient (Wildman–Crippen LogP) is 2.23. The van der Waals surface area contributed by atoms with Gasteiger partial charge in [0.25, 0.3) is 0 Å². The zero-order valence-corrected chi connectivity index (χ0v) is 12.4. The first-order valence-electron chi connectivity index (χ1n) is 6.48. The third-order valence-electron chi connectivity index (χ3n) is 2.76. The van der Waals surface area contributed by atoms with E-state index >= 15 is 0 Å². The van der Waals surface area contributed by atoms with E-state index < -0.39 is 0 Å². The average molecular weight is 269 g/mol. The number of amides is 1.